The van der Waals surface area contributed by atoms with Crippen molar-refractivity contribution in [2.75, 3.05) is 0 Å². The van der Waals surface area contributed by atoms with E-state index in [-0.39, 0.29) is 0 Å². The van der Waals surface area contributed by atoms with E-state index < -0.39 is 0 Å². The molecule has 0 aliphatic heterocycles. The Morgan fingerprint density at radius 1 is 0.300 bits per heavy atom. The summed E-state index contributed by atoms with van der Waals surface area (Å²) in [6, 6.07) is 79.7. The molecule has 12 rings (SSSR count). The maximum Gasteiger partial charge on any atom is 0.0803 e. The molecule has 0 saturated carbocycles. The van der Waals surface area contributed by atoms with Crippen LogP contribution in [0.1, 0.15) is 5.69 Å². The lowest BCUT2D eigenvalue weighted by Gasteiger charge is -2.13. The van der Waals surface area contributed by atoms with E-state index in [0.717, 1.165) is 11.4 Å². The second kappa shape index (κ2) is 13.6. The van der Waals surface area contributed by atoms with Crippen LogP contribution in [0.4, 0.5) is 0 Å². The Kier molecular flexibility index (Phi) is 7.76. The molecule has 0 bridgehead atoms. The molecule has 3 nitrogen and oxygen atoms in total. The number of benzene rings is 8. The molecule has 60 heavy (non-hydrogen) atoms. The van der Waals surface area contributed by atoms with Crippen molar-refractivity contribution in [3.8, 4) is 56.0 Å². The number of rotatable bonds is 6. The SMILES string of the molecule is Cc1cccc2c3c(c(-c4ccccc4)n12)c1cc(-c2ccc4c(c2)c2ccccc2n4-c2cccc(-c4ccccc4)c2)ccc1n3-c1cccc(-c2ccccc2)c1. The van der Waals surface area contributed by atoms with E-state index in [1.807, 2.05) is 0 Å². The van der Waals surface area contributed by atoms with Crippen LogP contribution in [0.2, 0.25) is 0 Å². The Balaban J connectivity index is 1.10. The number of hydrogen-bond acceptors (Lipinski definition) is 0. The van der Waals surface area contributed by atoms with Gasteiger partial charge in [0.15, 0.2) is 0 Å². The van der Waals surface area contributed by atoms with Crippen LogP contribution in [0.25, 0.3) is 105 Å². The summed E-state index contributed by atoms with van der Waals surface area (Å²) in [6.07, 6.45) is 0. The minimum atomic E-state index is 1.14. The molecule has 0 aliphatic carbocycles. The first kappa shape index (κ1) is 34.2. The van der Waals surface area contributed by atoms with Crippen LogP contribution in [-0.2, 0) is 0 Å². The Labute approximate surface area is 348 Å². The van der Waals surface area contributed by atoms with Gasteiger partial charge in [0, 0.05) is 38.6 Å². The van der Waals surface area contributed by atoms with Crippen molar-refractivity contribution in [2.24, 2.45) is 0 Å². The van der Waals surface area contributed by atoms with E-state index in [1.54, 1.807) is 0 Å². The van der Waals surface area contributed by atoms with Gasteiger partial charge in [-0.25, -0.2) is 0 Å². The van der Waals surface area contributed by atoms with Crippen LogP contribution >= 0.6 is 0 Å². The van der Waals surface area contributed by atoms with Crippen molar-refractivity contribution in [1.82, 2.24) is 13.5 Å². The van der Waals surface area contributed by atoms with Crippen LogP contribution in [0.15, 0.2) is 218 Å². The molecule has 282 valence electrons. The predicted molar refractivity (Wildman–Crippen MR) is 253 cm³/mol. The van der Waals surface area contributed by atoms with E-state index in [4.69, 9.17) is 0 Å². The van der Waals surface area contributed by atoms with Gasteiger partial charge >= 0.3 is 0 Å². The van der Waals surface area contributed by atoms with E-state index in [2.05, 4.69) is 239 Å². The number of fused-ring (bicyclic) bond motifs is 8. The number of aromatic nitrogens is 3. The monoisotopic (exact) mass is 765 g/mol. The van der Waals surface area contributed by atoms with Gasteiger partial charge in [-0.05, 0) is 113 Å². The van der Waals surface area contributed by atoms with Gasteiger partial charge in [-0.1, -0.05) is 152 Å². The smallest absolute Gasteiger partial charge is 0.0803 e. The number of pyridine rings is 1. The summed E-state index contributed by atoms with van der Waals surface area (Å²) in [4.78, 5) is 0. The fraction of sp³-hybridized carbons (Fsp3) is 0.0175. The molecule has 0 saturated heterocycles. The molecule has 4 aromatic heterocycles. The molecular formula is C57H39N3. The Morgan fingerprint density at radius 3 is 1.42 bits per heavy atom. The zero-order valence-corrected chi connectivity index (χ0v) is 33.1. The summed E-state index contributed by atoms with van der Waals surface area (Å²) in [6.45, 7) is 2.22. The number of nitrogens with zero attached hydrogens (tertiary/aromatic N) is 3. The Morgan fingerprint density at radius 2 is 0.767 bits per heavy atom. The van der Waals surface area contributed by atoms with Gasteiger partial charge in [-0.15, -0.1) is 0 Å². The molecule has 8 aromatic carbocycles. The minimum Gasteiger partial charge on any atom is -0.311 e. The van der Waals surface area contributed by atoms with E-state index in [0.29, 0.717) is 0 Å². The van der Waals surface area contributed by atoms with Gasteiger partial charge in [0.1, 0.15) is 0 Å². The molecule has 0 atom stereocenters. The molecular weight excluding hydrogens is 727 g/mol. The molecule has 0 spiro atoms. The molecule has 0 radical (unpaired) electrons. The molecule has 12 aromatic rings. The molecule has 3 heteroatoms. The highest BCUT2D eigenvalue weighted by Gasteiger charge is 2.24. The van der Waals surface area contributed by atoms with Gasteiger partial charge in [-0.2, -0.15) is 0 Å². The molecule has 0 amide bonds. The fourth-order valence-corrected chi connectivity index (χ4v) is 9.64. The molecule has 4 heterocycles. The Hall–Kier alpha value is -7.88. The largest absolute Gasteiger partial charge is 0.311 e. The minimum absolute atomic E-state index is 1.14. The van der Waals surface area contributed by atoms with Crippen LogP contribution in [0, 0.1) is 6.92 Å². The third kappa shape index (κ3) is 5.30. The molecule has 0 unspecified atom stereocenters. The topological polar surface area (TPSA) is 14.3 Å². The number of hydrogen-bond donors (Lipinski definition) is 0. The Bertz CT molecular complexity index is 3590. The first-order valence-electron chi connectivity index (χ1n) is 20.7. The standard InChI is InChI=1S/C57H39N3/c1-38-16-13-29-54-57-55(56(58(38)54)41-21-9-4-10-22-41)50-37-45(31-33-53(50)60(57)47-26-15-24-43(35-47)40-19-7-3-8-20-40)44-30-32-52-49(36-44)48-27-11-12-28-51(48)59(52)46-25-14-23-42(34-46)39-17-5-2-6-18-39/h2-37H,1H3. The highest BCUT2D eigenvalue weighted by atomic mass is 15.0. The van der Waals surface area contributed by atoms with Crippen LogP contribution in [-0.4, -0.2) is 13.5 Å². The maximum absolute atomic E-state index is 2.49. The van der Waals surface area contributed by atoms with E-state index in [9.17, 15) is 0 Å². The van der Waals surface area contributed by atoms with Crippen molar-refractivity contribution in [2.45, 2.75) is 6.92 Å². The summed E-state index contributed by atoms with van der Waals surface area (Å²) < 4.78 is 7.36. The molecule has 0 N–H and O–H groups in total. The van der Waals surface area contributed by atoms with Crippen LogP contribution in [0.3, 0.4) is 0 Å². The fourth-order valence-electron chi connectivity index (χ4n) is 9.64. The lowest BCUT2D eigenvalue weighted by molar-refractivity contribution is 1.10. The van der Waals surface area contributed by atoms with Gasteiger partial charge in [0.25, 0.3) is 0 Å². The van der Waals surface area contributed by atoms with Crippen LogP contribution < -0.4 is 0 Å². The zero-order valence-electron chi connectivity index (χ0n) is 33.1. The summed E-state index contributed by atoms with van der Waals surface area (Å²) in [5.41, 5.74) is 19.1. The van der Waals surface area contributed by atoms with Crippen molar-refractivity contribution in [3.05, 3.63) is 224 Å². The van der Waals surface area contributed by atoms with Crippen molar-refractivity contribution in [3.63, 3.8) is 0 Å². The maximum atomic E-state index is 2.49. The quantitative estimate of drug-likeness (QED) is 0.160. The second-order valence-corrected chi connectivity index (χ2v) is 15.8. The first-order chi connectivity index (χ1) is 29.7. The average Bonchev–Trinajstić information content (AvgIpc) is 3.96. The molecule has 0 fully saturated rings. The van der Waals surface area contributed by atoms with Crippen molar-refractivity contribution < 1.29 is 0 Å². The van der Waals surface area contributed by atoms with Gasteiger partial charge in [0.2, 0.25) is 0 Å². The van der Waals surface area contributed by atoms with Gasteiger partial charge in [-0.3, -0.25) is 0 Å². The molecule has 0 aliphatic rings. The van der Waals surface area contributed by atoms with E-state index >= 15 is 0 Å². The summed E-state index contributed by atoms with van der Waals surface area (Å²) in [5.74, 6) is 0. The number of aryl methyl sites for hydroxylation is 1. The van der Waals surface area contributed by atoms with Crippen molar-refractivity contribution >= 4 is 49.1 Å². The zero-order chi connectivity index (χ0) is 39.7. The second-order valence-electron chi connectivity index (χ2n) is 15.8. The van der Waals surface area contributed by atoms with Crippen LogP contribution in [0.5, 0.6) is 0 Å². The summed E-state index contributed by atoms with van der Waals surface area (Å²) in [5, 5.41) is 4.97. The van der Waals surface area contributed by atoms with Gasteiger partial charge < -0.3 is 13.5 Å². The first-order valence-corrected chi connectivity index (χ1v) is 20.7. The average molecular weight is 766 g/mol. The third-order valence-electron chi connectivity index (χ3n) is 12.3. The summed E-state index contributed by atoms with van der Waals surface area (Å²) >= 11 is 0. The van der Waals surface area contributed by atoms with Gasteiger partial charge in [0.05, 0.1) is 33.3 Å². The normalized spacial score (nSPS) is 11.8. The van der Waals surface area contributed by atoms with E-state index in [1.165, 1.54) is 99.5 Å². The number of para-hydroxylation sites is 1. The lowest BCUT2D eigenvalue weighted by atomic mass is 9.99. The highest BCUT2D eigenvalue weighted by Crippen LogP contribution is 2.45. The lowest BCUT2D eigenvalue weighted by Crippen LogP contribution is -1.97. The third-order valence-corrected chi connectivity index (χ3v) is 12.3. The summed E-state index contributed by atoms with van der Waals surface area (Å²) in [7, 11) is 0. The van der Waals surface area contributed by atoms with Crippen molar-refractivity contribution in [1.29, 1.82) is 0 Å². The predicted octanol–water partition coefficient (Wildman–Crippen LogP) is 15.1. The highest BCUT2D eigenvalue weighted by molar-refractivity contribution is 6.22.